The van der Waals surface area contributed by atoms with Gasteiger partial charge in [-0.3, -0.25) is 0 Å². The highest BCUT2D eigenvalue weighted by Crippen LogP contribution is 2.26. The molecule has 0 bridgehead atoms. The van der Waals surface area contributed by atoms with Crippen LogP contribution in [0.4, 0.5) is 0 Å². The smallest absolute Gasteiger partial charge is 0.119 e. The maximum absolute atomic E-state index is 9.52. The molecule has 0 amide bonds. The fourth-order valence-corrected chi connectivity index (χ4v) is 2.21. The molecule has 0 aromatic heterocycles. The van der Waals surface area contributed by atoms with Crippen LogP contribution in [-0.2, 0) is 0 Å². The number of aliphatic hydroxyl groups is 1. The van der Waals surface area contributed by atoms with E-state index in [1.54, 1.807) is 12.1 Å². The Hall–Kier alpha value is -2.04. The van der Waals surface area contributed by atoms with Crippen LogP contribution in [0.1, 0.15) is 30.1 Å². The predicted molar refractivity (Wildman–Crippen MR) is 77.6 cm³/mol. The van der Waals surface area contributed by atoms with Crippen molar-refractivity contribution >= 4 is 0 Å². The lowest BCUT2D eigenvalue weighted by molar-refractivity contribution is 0.235. The van der Waals surface area contributed by atoms with Crippen LogP contribution in [-0.4, -0.2) is 21.9 Å². The van der Waals surface area contributed by atoms with Crippen molar-refractivity contribution in [3.05, 3.63) is 59.7 Å². The minimum Gasteiger partial charge on any atom is -0.508 e. The Balaban J connectivity index is 2.15. The molecular formula is C16H19NO3. The largest absolute Gasteiger partial charge is 0.508 e. The molecular weight excluding hydrogens is 254 g/mol. The summed E-state index contributed by atoms with van der Waals surface area (Å²) in [6, 6.07) is 13.8. The van der Waals surface area contributed by atoms with Crippen molar-refractivity contribution in [2.45, 2.75) is 19.0 Å². The van der Waals surface area contributed by atoms with Crippen LogP contribution in [0.2, 0.25) is 0 Å². The van der Waals surface area contributed by atoms with Gasteiger partial charge in [0.15, 0.2) is 0 Å². The molecule has 0 aliphatic heterocycles. The van der Waals surface area contributed by atoms with Crippen LogP contribution in [0.25, 0.3) is 0 Å². The van der Waals surface area contributed by atoms with Crippen molar-refractivity contribution in [3.63, 3.8) is 0 Å². The molecule has 0 aliphatic carbocycles. The average molecular weight is 273 g/mol. The first-order valence-electron chi connectivity index (χ1n) is 6.55. The van der Waals surface area contributed by atoms with E-state index in [-0.39, 0.29) is 30.2 Å². The van der Waals surface area contributed by atoms with E-state index >= 15 is 0 Å². The summed E-state index contributed by atoms with van der Waals surface area (Å²) in [7, 11) is 0. The van der Waals surface area contributed by atoms with Gasteiger partial charge in [0.25, 0.3) is 0 Å². The van der Waals surface area contributed by atoms with Crippen molar-refractivity contribution in [2.24, 2.45) is 0 Å². The van der Waals surface area contributed by atoms with Gasteiger partial charge in [-0.05, 0) is 30.2 Å². The van der Waals surface area contributed by atoms with Gasteiger partial charge >= 0.3 is 0 Å². The van der Waals surface area contributed by atoms with Gasteiger partial charge < -0.3 is 20.6 Å². The molecule has 0 spiro atoms. The molecule has 2 aromatic rings. The summed E-state index contributed by atoms with van der Waals surface area (Å²) in [5.41, 5.74) is 1.75. The van der Waals surface area contributed by atoms with Gasteiger partial charge in [0.2, 0.25) is 0 Å². The van der Waals surface area contributed by atoms with Crippen molar-refractivity contribution < 1.29 is 15.3 Å². The van der Waals surface area contributed by atoms with Crippen LogP contribution in [0, 0.1) is 0 Å². The van der Waals surface area contributed by atoms with Crippen molar-refractivity contribution in [1.29, 1.82) is 0 Å². The normalized spacial score (nSPS) is 13.9. The lowest BCUT2D eigenvalue weighted by Crippen LogP contribution is -2.27. The van der Waals surface area contributed by atoms with Gasteiger partial charge in [-0.2, -0.15) is 0 Å². The number of aliphatic hydroxyl groups excluding tert-OH is 1. The van der Waals surface area contributed by atoms with Crippen LogP contribution >= 0.6 is 0 Å². The average Bonchev–Trinajstić information content (AvgIpc) is 2.44. The highest BCUT2D eigenvalue weighted by Gasteiger charge is 2.15. The fraction of sp³-hybridized carbons (Fsp3) is 0.250. The Morgan fingerprint density at radius 3 is 2.10 bits per heavy atom. The maximum Gasteiger partial charge on any atom is 0.119 e. The first-order chi connectivity index (χ1) is 9.60. The van der Waals surface area contributed by atoms with Crippen LogP contribution in [0.3, 0.4) is 0 Å². The van der Waals surface area contributed by atoms with E-state index in [9.17, 15) is 15.3 Å². The number of nitrogens with one attached hydrogen (secondary N) is 1. The first kappa shape index (κ1) is 14.4. The van der Waals surface area contributed by atoms with Gasteiger partial charge in [-0.15, -0.1) is 0 Å². The molecule has 4 nitrogen and oxygen atoms in total. The van der Waals surface area contributed by atoms with E-state index in [2.05, 4.69) is 5.32 Å². The fourth-order valence-electron chi connectivity index (χ4n) is 2.21. The van der Waals surface area contributed by atoms with E-state index in [0.717, 1.165) is 11.1 Å². The second-order valence-electron chi connectivity index (χ2n) is 4.82. The van der Waals surface area contributed by atoms with Gasteiger partial charge in [-0.1, -0.05) is 30.3 Å². The first-order valence-corrected chi connectivity index (χ1v) is 6.55. The second-order valence-corrected chi connectivity index (χ2v) is 4.82. The molecule has 20 heavy (non-hydrogen) atoms. The molecule has 0 fully saturated rings. The van der Waals surface area contributed by atoms with Crippen molar-refractivity contribution in [1.82, 2.24) is 5.32 Å². The molecule has 4 N–H and O–H groups in total. The van der Waals surface area contributed by atoms with Gasteiger partial charge in [0, 0.05) is 12.1 Å². The highest BCUT2D eigenvalue weighted by atomic mass is 16.3. The molecule has 0 saturated heterocycles. The summed E-state index contributed by atoms with van der Waals surface area (Å²) in [5.74, 6) is 0.0443. The van der Waals surface area contributed by atoms with Crippen LogP contribution in [0.15, 0.2) is 48.5 Å². The van der Waals surface area contributed by atoms with E-state index < -0.39 is 0 Å². The minimum atomic E-state index is -0.198. The Kier molecular flexibility index (Phi) is 4.61. The van der Waals surface area contributed by atoms with Gasteiger partial charge in [0.05, 0.1) is 12.6 Å². The molecule has 4 heteroatoms. The SMILES string of the molecule is CC(N[C@@H](CO)c1ccccc1)c1cc(O)cc(O)c1. The van der Waals surface area contributed by atoms with Crippen molar-refractivity contribution in [2.75, 3.05) is 6.61 Å². The number of aromatic hydroxyl groups is 2. The zero-order chi connectivity index (χ0) is 14.5. The summed E-state index contributed by atoms with van der Waals surface area (Å²) in [5, 5.41) is 31.8. The molecule has 2 rings (SSSR count). The molecule has 0 aliphatic rings. The number of phenols is 2. The standard InChI is InChI=1S/C16H19NO3/c1-11(13-7-14(19)9-15(20)8-13)17-16(10-18)12-5-3-2-4-6-12/h2-9,11,16-20H,10H2,1H3/t11?,16-/m0/s1. The maximum atomic E-state index is 9.52. The van der Waals surface area contributed by atoms with E-state index in [0.29, 0.717) is 0 Å². The Bertz CT molecular complexity index is 537. The van der Waals surface area contributed by atoms with Gasteiger partial charge in [-0.25, -0.2) is 0 Å². The van der Waals surface area contributed by atoms with Gasteiger partial charge in [0.1, 0.15) is 11.5 Å². The third-order valence-electron chi connectivity index (χ3n) is 3.26. The molecule has 0 saturated carbocycles. The third-order valence-corrected chi connectivity index (χ3v) is 3.26. The molecule has 106 valence electrons. The van der Waals surface area contributed by atoms with Crippen LogP contribution in [0.5, 0.6) is 11.5 Å². The van der Waals surface area contributed by atoms with E-state index in [4.69, 9.17) is 0 Å². The topological polar surface area (TPSA) is 72.7 Å². The monoisotopic (exact) mass is 273 g/mol. The molecule has 2 aromatic carbocycles. The third kappa shape index (κ3) is 3.50. The number of phenolic OH excluding ortho intramolecular Hbond substituents is 2. The summed E-state index contributed by atoms with van der Waals surface area (Å²) >= 11 is 0. The minimum absolute atomic E-state index is 0.0221. The lowest BCUT2D eigenvalue weighted by Gasteiger charge is -2.22. The zero-order valence-electron chi connectivity index (χ0n) is 11.3. The summed E-state index contributed by atoms with van der Waals surface area (Å²) < 4.78 is 0. The Labute approximate surface area is 118 Å². The van der Waals surface area contributed by atoms with Crippen molar-refractivity contribution in [3.8, 4) is 11.5 Å². The molecule has 0 heterocycles. The number of benzene rings is 2. The highest BCUT2D eigenvalue weighted by molar-refractivity contribution is 5.38. The Morgan fingerprint density at radius 1 is 0.950 bits per heavy atom. The number of hydrogen-bond donors (Lipinski definition) is 4. The summed E-state index contributed by atoms with van der Waals surface area (Å²) in [6.07, 6.45) is 0. The molecule has 2 atom stereocenters. The quantitative estimate of drug-likeness (QED) is 0.675. The molecule has 1 unspecified atom stereocenters. The lowest BCUT2D eigenvalue weighted by atomic mass is 10.0. The molecule has 0 radical (unpaired) electrons. The summed E-state index contributed by atoms with van der Waals surface area (Å²) in [6.45, 7) is 1.89. The van der Waals surface area contributed by atoms with Crippen LogP contribution < -0.4 is 5.32 Å². The van der Waals surface area contributed by atoms with E-state index in [1.807, 2.05) is 37.3 Å². The second kappa shape index (κ2) is 6.41. The summed E-state index contributed by atoms with van der Waals surface area (Å²) in [4.78, 5) is 0. The van der Waals surface area contributed by atoms with E-state index in [1.165, 1.54) is 6.07 Å². The predicted octanol–water partition coefficient (Wildman–Crippen LogP) is 2.48. The number of rotatable bonds is 5. The zero-order valence-corrected chi connectivity index (χ0v) is 11.3. The Morgan fingerprint density at radius 2 is 1.55 bits per heavy atom. The number of hydrogen-bond acceptors (Lipinski definition) is 4.